The molecular weight excluding hydrogens is 388 g/mol. The summed E-state index contributed by atoms with van der Waals surface area (Å²) in [5.41, 5.74) is 3.76. The number of aromatic nitrogens is 4. The lowest BCUT2D eigenvalue weighted by molar-refractivity contribution is 0.102. The van der Waals surface area contributed by atoms with Crippen molar-refractivity contribution in [2.45, 2.75) is 0 Å². The molecule has 4 heterocycles. The van der Waals surface area contributed by atoms with Crippen LogP contribution >= 0.6 is 11.3 Å². The molecule has 0 bridgehead atoms. The predicted molar refractivity (Wildman–Crippen MR) is 112 cm³/mol. The van der Waals surface area contributed by atoms with E-state index in [1.54, 1.807) is 24.7 Å². The predicted octanol–water partition coefficient (Wildman–Crippen LogP) is 2.97. The van der Waals surface area contributed by atoms with Gasteiger partial charge in [-0.15, -0.1) is 11.3 Å². The molecule has 29 heavy (non-hydrogen) atoms. The lowest BCUT2D eigenvalue weighted by Crippen LogP contribution is -2.36. The second-order valence-electron chi connectivity index (χ2n) is 6.56. The maximum absolute atomic E-state index is 12.5. The number of hydrogen-bond donors (Lipinski definition) is 1. The molecule has 1 N–H and O–H groups in total. The average Bonchev–Trinajstić information content (AvgIpc) is 3.43. The summed E-state index contributed by atoms with van der Waals surface area (Å²) in [5.74, 6) is -0.295. The average molecular weight is 406 g/mol. The molecule has 1 aliphatic heterocycles. The van der Waals surface area contributed by atoms with Gasteiger partial charge in [-0.1, -0.05) is 6.07 Å². The van der Waals surface area contributed by atoms with E-state index in [1.165, 1.54) is 11.3 Å². The minimum Gasteiger partial charge on any atom is -0.378 e. The largest absolute Gasteiger partial charge is 0.378 e. The Hall–Kier alpha value is -3.30. The van der Waals surface area contributed by atoms with Gasteiger partial charge in [-0.05, 0) is 30.3 Å². The summed E-state index contributed by atoms with van der Waals surface area (Å²) in [6.07, 6.45) is 3.38. The molecule has 0 spiro atoms. The summed E-state index contributed by atoms with van der Waals surface area (Å²) in [7, 11) is 0. The van der Waals surface area contributed by atoms with Crippen LogP contribution < -0.4 is 10.2 Å². The van der Waals surface area contributed by atoms with Gasteiger partial charge in [0.05, 0.1) is 18.9 Å². The summed E-state index contributed by atoms with van der Waals surface area (Å²) >= 11 is 1.36. The van der Waals surface area contributed by atoms with Crippen molar-refractivity contribution < 1.29 is 9.53 Å². The van der Waals surface area contributed by atoms with Crippen molar-refractivity contribution in [1.29, 1.82) is 0 Å². The third kappa shape index (κ3) is 3.57. The zero-order chi connectivity index (χ0) is 19.6. The molecule has 1 aliphatic rings. The Morgan fingerprint density at radius 1 is 1.10 bits per heavy atom. The van der Waals surface area contributed by atoms with Crippen molar-refractivity contribution in [2.24, 2.45) is 0 Å². The van der Waals surface area contributed by atoms with E-state index in [9.17, 15) is 4.79 Å². The van der Waals surface area contributed by atoms with Crippen LogP contribution in [0.25, 0.3) is 16.9 Å². The lowest BCUT2D eigenvalue weighted by atomic mass is 10.2. The molecule has 146 valence electrons. The third-order valence-electron chi connectivity index (χ3n) is 4.76. The summed E-state index contributed by atoms with van der Waals surface area (Å²) in [6.45, 7) is 3.20. The van der Waals surface area contributed by atoms with E-state index in [0.717, 1.165) is 43.2 Å². The number of morpholine rings is 1. The maximum atomic E-state index is 12.5. The van der Waals surface area contributed by atoms with Gasteiger partial charge in [-0.2, -0.15) is 0 Å². The SMILES string of the molecule is O=C(Nc1nccs1)c1ccc2ncn(-c3cccc(N4CCOCC4)c3)c2n1. The molecule has 3 aromatic heterocycles. The molecule has 0 unspecified atom stereocenters. The number of pyridine rings is 1. The number of imidazole rings is 1. The van der Waals surface area contributed by atoms with Gasteiger partial charge in [0.1, 0.15) is 17.5 Å². The van der Waals surface area contributed by atoms with Gasteiger partial charge in [0.15, 0.2) is 10.8 Å². The zero-order valence-corrected chi connectivity index (χ0v) is 16.3. The van der Waals surface area contributed by atoms with E-state index in [4.69, 9.17) is 4.74 Å². The highest BCUT2D eigenvalue weighted by atomic mass is 32.1. The molecule has 0 atom stereocenters. The minimum atomic E-state index is -0.295. The van der Waals surface area contributed by atoms with E-state index in [0.29, 0.717) is 16.5 Å². The highest BCUT2D eigenvalue weighted by Crippen LogP contribution is 2.23. The van der Waals surface area contributed by atoms with Gasteiger partial charge >= 0.3 is 0 Å². The second-order valence-corrected chi connectivity index (χ2v) is 7.46. The number of benzene rings is 1. The van der Waals surface area contributed by atoms with Crippen LogP contribution in [-0.4, -0.2) is 51.7 Å². The van der Waals surface area contributed by atoms with Crippen LogP contribution in [0.3, 0.4) is 0 Å². The molecule has 1 aromatic carbocycles. The Balaban J connectivity index is 1.48. The number of hydrogen-bond acceptors (Lipinski definition) is 7. The number of ether oxygens (including phenoxy) is 1. The fourth-order valence-electron chi connectivity index (χ4n) is 3.32. The molecule has 8 nitrogen and oxygen atoms in total. The molecule has 0 aliphatic carbocycles. The standard InChI is InChI=1S/C20H18N6O2S/c27-19(24-20-21-6-11-29-20)17-5-4-16-18(23-17)26(13-22-16)15-3-1-2-14(12-15)25-7-9-28-10-8-25/h1-6,11-13H,7-10H2,(H,21,24,27). The number of nitrogens with one attached hydrogen (secondary N) is 1. The quantitative estimate of drug-likeness (QED) is 0.561. The first-order valence-electron chi connectivity index (χ1n) is 9.26. The van der Waals surface area contributed by atoms with Gasteiger partial charge in [0.25, 0.3) is 5.91 Å². The van der Waals surface area contributed by atoms with E-state index in [1.807, 2.05) is 22.1 Å². The summed E-state index contributed by atoms with van der Waals surface area (Å²) in [6, 6.07) is 11.7. The first kappa shape index (κ1) is 17.8. The fraction of sp³-hybridized carbons (Fsp3) is 0.200. The maximum Gasteiger partial charge on any atom is 0.276 e. The van der Waals surface area contributed by atoms with Gasteiger partial charge in [0, 0.05) is 30.4 Å². The Bertz CT molecular complexity index is 1150. The molecule has 9 heteroatoms. The molecule has 1 fully saturated rings. The summed E-state index contributed by atoms with van der Waals surface area (Å²) in [5, 5.41) is 5.12. The lowest BCUT2D eigenvalue weighted by Gasteiger charge is -2.29. The molecule has 0 radical (unpaired) electrons. The number of fused-ring (bicyclic) bond motifs is 1. The van der Waals surface area contributed by atoms with Gasteiger partial charge in [-0.25, -0.2) is 15.0 Å². The molecule has 1 amide bonds. The smallest absolute Gasteiger partial charge is 0.276 e. The van der Waals surface area contributed by atoms with Crippen molar-refractivity contribution >= 4 is 39.2 Å². The number of rotatable bonds is 4. The van der Waals surface area contributed by atoms with E-state index < -0.39 is 0 Å². The van der Waals surface area contributed by atoms with Crippen LogP contribution in [0.15, 0.2) is 54.3 Å². The number of amides is 1. The molecule has 0 saturated carbocycles. The number of anilines is 2. The molecule has 4 aromatic rings. The fourth-order valence-corrected chi connectivity index (χ4v) is 3.84. The van der Waals surface area contributed by atoms with Gasteiger partial charge in [-0.3, -0.25) is 14.7 Å². The van der Waals surface area contributed by atoms with Crippen molar-refractivity contribution in [2.75, 3.05) is 36.5 Å². The van der Waals surface area contributed by atoms with Gasteiger partial charge < -0.3 is 9.64 Å². The summed E-state index contributed by atoms with van der Waals surface area (Å²) in [4.78, 5) is 27.9. The second kappa shape index (κ2) is 7.61. The third-order valence-corrected chi connectivity index (χ3v) is 5.45. The number of carbonyl (C=O) groups excluding carboxylic acids is 1. The van der Waals surface area contributed by atoms with E-state index >= 15 is 0 Å². The van der Waals surface area contributed by atoms with Crippen molar-refractivity contribution in [3.05, 3.63) is 60.0 Å². The number of carbonyl (C=O) groups is 1. The Kier molecular flexibility index (Phi) is 4.66. The van der Waals surface area contributed by atoms with Crippen molar-refractivity contribution in [1.82, 2.24) is 19.5 Å². The highest BCUT2D eigenvalue weighted by molar-refractivity contribution is 7.13. The normalized spacial score (nSPS) is 14.3. The first-order valence-corrected chi connectivity index (χ1v) is 10.1. The van der Waals surface area contributed by atoms with Crippen molar-refractivity contribution in [3.8, 4) is 5.69 Å². The number of thiazole rings is 1. The van der Waals surface area contributed by atoms with Crippen LogP contribution in [0.4, 0.5) is 10.8 Å². The van der Waals surface area contributed by atoms with Gasteiger partial charge in [0.2, 0.25) is 0 Å². The molecule has 5 rings (SSSR count). The molecule has 1 saturated heterocycles. The monoisotopic (exact) mass is 406 g/mol. The Labute approximate surface area is 170 Å². The summed E-state index contributed by atoms with van der Waals surface area (Å²) < 4.78 is 7.35. The van der Waals surface area contributed by atoms with Crippen molar-refractivity contribution in [3.63, 3.8) is 0 Å². The van der Waals surface area contributed by atoms with Crippen LogP contribution in [0, 0.1) is 0 Å². The first-order chi connectivity index (χ1) is 14.3. The Morgan fingerprint density at radius 3 is 2.79 bits per heavy atom. The zero-order valence-electron chi connectivity index (χ0n) is 15.5. The van der Waals surface area contributed by atoms with Crippen LogP contribution in [0.5, 0.6) is 0 Å². The molecular formula is C20H18N6O2S. The Morgan fingerprint density at radius 2 is 1.97 bits per heavy atom. The van der Waals surface area contributed by atoms with E-state index in [-0.39, 0.29) is 5.91 Å². The van der Waals surface area contributed by atoms with Crippen LogP contribution in [-0.2, 0) is 4.74 Å². The topological polar surface area (TPSA) is 85.2 Å². The number of nitrogens with zero attached hydrogens (tertiary/aromatic N) is 5. The highest BCUT2D eigenvalue weighted by Gasteiger charge is 2.15. The minimum absolute atomic E-state index is 0.295. The van der Waals surface area contributed by atoms with Crippen LogP contribution in [0.1, 0.15) is 10.5 Å². The van der Waals surface area contributed by atoms with E-state index in [2.05, 4.69) is 37.3 Å². The van der Waals surface area contributed by atoms with Crippen LogP contribution in [0.2, 0.25) is 0 Å².